The number of hydrogen-bond acceptors (Lipinski definition) is 4. The van der Waals surface area contributed by atoms with Crippen LogP contribution in [0.5, 0.6) is 11.5 Å². The smallest absolute Gasteiger partial charge is 0.343 e. The molecule has 1 aromatic carbocycles. The Morgan fingerprint density at radius 2 is 2.08 bits per heavy atom. The van der Waals surface area contributed by atoms with E-state index >= 15 is 0 Å². The lowest BCUT2D eigenvalue weighted by atomic mass is 10.1. The number of benzene rings is 1. The van der Waals surface area contributed by atoms with Crippen molar-refractivity contribution in [3.8, 4) is 11.5 Å². The lowest BCUT2D eigenvalue weighted by Crippen LogP contribution is -2.38. The molecule has 1 atom stereocenters. The maximum atomic E-state index is 14.2. The Hall–Kier alpha value is -2.02. The largest absolute Gasteiger partial charge is 0.490 e. The minimum atomic E-state index is -2.41. The second-order valence-corrected chi connectivity index (χ2v) is 6.57. The lowest BCUT2D eigenvalue weighted by Gasteiger charge is -2.19. The minimum Gasteiger partial charge on any atom is -0.490 e. The fourth-order valence-corrected chi connectivity index (χ4v) is 2.98. The van der Waals surface area contributed by atoms with E-state index in [0.29, 0.717) is 24.7 Å². The van der Waals surface area contributed by atoms with E-state index in [1.165, 1.54) is 17.0 Å². The Morgan fingerprint density at radius 3 is 2.65 bits per heavy atom. The molecule has 0 bridgehead atoms. The molecule has 1 unspecified atom stereocenters. The van der Waals surface area contributed by atoms with E-state index in [0.717, 1.165) is 12.8 Å². The summed E-state index contributed by atoms with van der Waals surface area (Å²) in [6.45, 7) is 4.19. The van der Waals surface area contributed by atoms with Gasteiger partial charge in [0.1, 0.15) is 0 Å². The zero-order chi connectivity index (χ0) is 19.3. The number of carboxylic acids is 1. The summed E-state index contributed by atoms with van der Waals surface area (Å²) in [5.41, 5.74) is -2.21. The van der Waals surface area contributed by atoms with E-state index in [1.807, 2.05) is 6.92 Å². The second kappa shape index (κ2) is 8.58. The fourth-order valence-electron chi connectivity index (χ4n) is 2.72. The molecule has 1 aliphatic heterocycles. The van der Waals surface area contributed by atoms with Crippen molar-refractivity contribution in [3.63, 3.8) is 0 Å². The first-order valence-electron chi connectivity index (χ1n) is 8.63. The number of aliphatic carboxylic acids is 1. The molecular formula is C18H23ClFNO5. The Bertz CT molecular complexity index is 684. The number of hydrogen-bond donors (Lipinski definition) is 1. The predicted octanol–water partition coefficient (Wildman–Crippen LogP) is 3.56. The normalized spacial score (nSPS) is 19.5. The van der Waals surface area contributed by atoms with Gasteiger partial charge in [-0.25, -0.2) is 9.18 Å². The van der Waals surface area contributed by atoms with E-state index in [1.54, 1.807) is 6.92 Å². The summed E-state index contributed by atoms with van der Waals surface area (Å²) in [5.74, 6) is -1.34. The van der Waals surface area contributed by atoms with Crippen LogP contribution in [0.3, 0.4) is 0 Å². The molecule has 2 rings (SSSR count). The number of ether oxygens (including phenoxy) is 2. The first-order valence-corrected chi connectivity index (χ1v) is 9.01. The summed E-state index contributed by atoms with van der Waals surface area (Å²) < 4.78 is 25.4. The molecule has 1 heterocycles. The fraction of sp³-hybridized carbons (Fsp3) is 0.556. The number of nitrogens with zero attached hydrogens (tertiary/aromatic N) is 1. The summed E-state index contributed by atoms with van der Waals surface area (Å²) in [5, 5.41) is 9.19. The number of rotatable bonds is 8. The quantitative estimate of drug-likeness (QED) is 0.690. The van der Waals surface area contributed by atoms with Crippen LogP contribution in [-0.4, -0.2) is 53.9 Å². The zero-order valence-corrected chi connectivity index (χ0v) is 15.6. The number of carboxylic acid groups (broad SMARTS) is 1. The molecule has 0 spiro atoms. The number of carbonyl (C=O) groups is 2. The van der Waals surface area contributed by atoms with Crippen LogP contribution in [0.15, 0.2) is 12.1 Å². The van der Waals surface area contributed by atoms with E-state index < -0.39 is 24.1 Å². The van der Waals surface area contributed by atoms with E-state index in [2.05, 4.69) is 0 Å². The van der Waals surface area contributed by atoms with E-state index in [4.69, 9.17) is 26.2 Å². The molecule has 0 saturated carbocycles. The predicted molar refractivity (Wildman–Crippen MR) is 95.0 cm³/mol. The minimum absolute atomic E-state index is 0.0258. The van der Waals surface area contributed by atoms with Crippen LogP contribution in [0.4, 0.5) is 4.39 Å². The molecule has 0 aromatic heterocycles. The Morgan fingerprint density at radius 1 is 1.35 bits per heavy atom. The van der Waals surface area contributed by atoms with Crippen molar-refractivity contribution in [2.24, 2.45) is 0 Å². The molecule has 1 amide bonds. The Labute approximate surface area is 156 Å². The third-order valence-corrected chi connectivity index (χ3v) is 4.47. The monoisotopic (exact) mass is 387 g/mol. The summed E-state index contributed by atoms with van der Waals surface area (Å²) in [4.78, 5) is 24.8. The molecule has 1 fully saturated rings. The van der Waals surface area contributed by atoms with Crippen molar-refractivity contribution in [2.75, 3.05) is 26.3 Å². The van der Waals surface area contributed by atoms with Gasteiger partial charge >= 0.3 is 5.97 Å². The number of likely N-dealkylation sites (tertiary alicyclic amines) is 1. The van der Waals surface area contributed by atoms with Crippen molar-refractivity contribution >= 4 is 23.5 Å². The molecule has 1 aliphatic rings. The van der Waals surface area contributed by atoms with E-state index in [-0.39, 0.29) is 23.6 Å². The van der Waals surface area contributed by atoms with Gasteiger partial charge in [0.15, 0.2) is 11.5 Å². The summed E-state index contributed by atoms with van der Waals surface area (Å²) in [6, 6.07) is 2.94. The molecule has 0 aliphatic carbocycles. The molecule has 26 heavy (non-hydrogen) atoms. The molecule has 144 valence electrons. The first kappa shape index (κ1) is 20.3. The van der Waals surface area contributed by atoms with Gasteiger partial charge in [-0.15, -0.1) is 0 Å². The van der Waals surface area contributed by atoms with Gasteiger partial charge in [0.25, 0.3) is 5.91 Å². The molecule has 1 saturated heterocycles. The number of halogens is 2. The van der Waals surface area contributed by atoms with Crippen LogP contribution in [0, 0.1) is 0 Å². The second-order valence-electron chi connectivity index (χ2n) is 6.17. The van der Waals surface area contributed by atoms with Gasteiger partial charge in [-0.2, -0.15) is 0 Å². The SMILES string of the molecule is CCCCOc1c(Cl)cc(C(=O)N2CCC(F)(C(=O)O)C2)cc1OCC. The van der Waals surface area contributed by atoms with Gasteiger partial charge in [-0.05, 0) is 25.5 Å². The van der Waals surface area contributed by atoms with Gasteiger partial charge in [0.05, 0.1) is 24.8 Å². The number of alkyl halides is 1. The summed E-state index contributed by atoms with van der Waals surface area (Å²) in [7, 11) is 0. The van der Waals surface area contributed by atoms with Crippen molar-refractivity contribution in [3.05, 3.63) is 22.7 Å². The van der Waals surface area contributed by atoms with Gasteiger partial charge in [0.2, 0.25) is 5.67 Å². The van der Waals surface area contributed by atoms with Crippen molar-refractivity contribution in [2.45, 2.75) is 38.8 Å². The maximum Gasteiger partial charge on any atom is 0.343 e. The molecule has 1 N–H and O–H groups in total. The topological polar surface area (TPSA) is 76.1 Å². The number of unbranched alkanes of at least 4 members (excludes halogenated alkanes) is 1. The molecule has 6 nitrogen and oxygen atoms in total. The van der Waals surface area contributed by atoms with Crippen LogP contribution in [0.1, 0.15) is 43.5 Å². The highest BCUT2D eigenvalue weighted by molar-refractivity contribution is 6.32. The zero-order valence-electron chi connectivity index (χ0n) is 14.9. The Balaban J connectivity index is 2.24. The van der Waals surface area contributed by atoms with Gasteiger partial charge in [0, 0.05) is 18.5 Å². The summed E-state index contributed by atoms with van der Waals surface area (Å²) >= 11 is 6.26. The van der Waals surface area contributed by atoms with Crippen LogP contribution >= 0.6 is 11.6 Å². The highest BCUT2D eigenvalue weighted by Gasteiger charge is 2.47. The third kappa shape index (κ3) is 4.38. The van der Waals surface area contributed by atoms with Crippen LogP contribution in [0.2, 0.25) is 5.02 Å². The molecule has 0 radical (unpaired) electrons. The first-order chi connectivity index (χ1) is 12.3. The van der Waals surface area contributed by atoms with Gasteiger partial charge in [-0.1, -0.05) is 24.9 Å². The highest BCUT2D eigenvalue weighted by Crippen LogP contribution is 2.38. The molecular weight excluding hydrogens is 365 g/mol. The highest BCUT2D eigenvalue weighted by atomic mass is 35.5. The van der Waals surface area contributed by atoms with Gasteiger partial charge in [-0.3, -0.25) is 4.79 Å². The van der Waals surface area contributed by atoms with Crippen molar-refractivity contribution in [1.82, 2.24) is 4.90 Å². The Kier molecular flexibility index (Phi) is 6.69. The van der Waals surface area contributed by atoms with E-state index in [9.17, 15) is 14.0 Å². The molecule has 8 heteroatoms. The van der Waals surface area contributed by atoms with Gasteiger partial charge < -0.3 is 19.5 Å². The summed E-state index contributed by atoms with van der Waals surface area (Å²) in [6.07, 6.45) is 1.57. The van der Waals surface area contributed by atoms with Crippen LogP contribution in [-0.2, 0) is 4.79 Å². The lowest BCUT2D eigenvalue weighted by molar-refractivity contribution is -0.149. The van der Waals surface area contributed by atoms with Crippen LogP contribution in [0.25, 0.3) is 0 Å². The average molecular weight is 388 g/mol. The number of amides is 1. The standard InChI is InChI=1S/C18H23ClFNO5/c1-3-5-8-26-15-13(19)9-12(10-14(15)25-4-2)16(22)21-7-6-18(20,11-21)17(23)24/h9-10H,3-8,11H2,1-2H3,(H,23,24). The number of carbonyl (C=O) groups excluding carboxylic acids is 1. The van der Waals surface area contributed by atoms with Crippen molar-refractivity contribution < 1.29 is 28.6 Å². The maximum absolute atomic E-state index is 14.2. The average Bonchev–Trinajstić information content (AvgIpc) is 3.00. The van der Waals surface area contributed by atoms with Crippen LogP contribution < -0.4 is 9.47 Å². The van der Waals surface area contributed by atoms with Crippen molar-refractivity contribution in [1.29, 1.82) is 0 Å². The molecule has 1 aromatic rings. The third-order valence-electron chi connectivity index (χ3n) is 4.19.